The van der Waals surface area contributed by atoms with Crippen LogP contribution in [0.1, 0.15) is 30.4 Å². The van der Waals surface area contributed by atoms with Gasteiger partial charge >= 0.3 is 6.18 Å². The molecule has 1 fully saturated rings. The Labute approximate surface area is 91.7 Å². The highest BCUT2D eigenvalue weighted by atomic mass is 19.4. The summed E-state index contributed by atoms with van der Waals surface area (Å²) >= 11 is 0. The lowest BCUT2D eigenvalue weighted by atomic mass is 9.87. The van der Waals surface area contributed by atoms with Crippen LogP contribution in [-0.2, 0) is 11.6 Å². The van der Waals surface area contributed by atoms with Gasteiger partial charge in [0.2, 0.25) is 0 Å². The van der Waals surface area contributed by atoms with Gasteiger partial charge in [0.05, 0.1) is 5.56 Å². The van der Waals surface area contributed by atoms with E-state index in [4.69, 9.17) is 0 Å². The van der Waals surface area contributed by atoms with Crippen LogP contribution in [0.25, 0.3) is 0 Å². The standard InChI is InChI=1S/C12H12F3N/c13-12(14,15)8-1-2-9-10(7-8)16-6-5-11(9)3-4-11/h1-2,7,16H,3-6H2. The molecule has 1 spiro atoms. The first-order chi connectivity index (χ1) is 7.51. The Balaban J connectivity index is 2.06. The molecule has 1 saturated carbocycles. The maximum Gasteiger partial charge on any atom is 0.416 e. The van der Waals surface area contributed by atoms with E-state index in [2.05, 4.69) is 5.32 Å². The third-order valence-corrected chi connectivity index (χ3v) is 3.69. The van der Waals surface area contributed by atoms with Crippen molar-refractivity contribution in [2.45, 2.75) is 30.9 Å². The van der Waals surface area contributed by atoms with Crippen LogP contribution in [0, 0.1) is 0 Å². The Kier molecular flexibility index (Phi) is 1.83. The van der Waals surface area contributed by atoms with Crippen molar-refractivity contribution in [1.29, 1.82) is 0 Å². The number of alkyl halides is 3. The zero-order chi connectivity index (χ0) is 11.4. The summed E-state index contributed by atoms with van der Waals surface area (Å²) in [6, 6.07) is 4.10. The number of rotatable bonds is 0. The molecule has 1 nitrogen and oxygen atoms in total. The third-order valence-electron chi connectivity index (χ3n) is 3.69. The predicted octanol–water partition coefficient (Wildman–Crippen LogP) is 3.55. The van der Waals surface area contributed by atoms with Crippen LogP contribution < -0.4 is 5.32 Å². The van der Waals surface area contributed by atoms with E-state index in [-0.39, 0.29) is 5.41 Å². The molecule has 4 heteroatoms. The molecule has 0 aromatic heterocycles. The number of fused-ring (bicyclic) bond motifs is 2. The minimum atomic E-state index is -4.25. The van der Waals surface area contributed by atoms with Gasteiger partial charge in [-0.05, 0) is 42.4 Å². The molecule has 1 heterocycles. The summed E-state index contributed by atoms with van der Waals surface area (Å²) in [5.41, 5.74) is 1.40. The molecule has 1 aliphatic carbocycles. The molecule has 0 saturated heterocycles. The van der Waals surface area contributed by atoms with Crippen LogP contribution >= 0.6 is 0 Å². The minimum Gasteiger partial charge on any atom is -0.385 e. The van der Waals surface area contributed by atoms with Gasteiger partial charge in [0.25, 0.3) is 0 Å². The third kappa shape index (κ3) is 1.39. The van der Waals surface area contributed by atoms with Crippen LogP contribution in [-0.4, -0.2) is 6.54 Å². The number of nitrogens with one attached hydrogen (secondary N) is 1. The Morgan fingerprint density at radius 1 is 1.12 bits per heavy atom. The molecule has 0 amide bonds. The van der Waals surface area contributed by atoms with Crippen molar-refractivity contribution >= 4 is 5.69 Å². The van der Waals surface area contributed by atoms with Crippen LogP contribution in [0.2, 0.25) is 0 Å². The quantitative estimate of drug-likeness (QED) is 0.714. The largest absolute Gasteiger partial charge is 0.416 e. The van der Waals surface area contributed by atoms with Gasteiger partial charge in [0.1, 0.15) is 0 Å². The Hall–Kier alpha value is -1.19. The van der Waals surface area contributed by atoms with Crippen molar-refractivity contribution in [3.05, 3.63) is 29.3 Å². The maximum absolute atomic E-state index is 12.5. The fourth-order valence-corrected chi connectivity index (χ4v) is 2.57. The van der Waals surface area contributed by atoms with Gasteiger partial charge in [0.15, 0.2) is 0 Å². The van der Waals surface area contributed by atoms with Gasteiger partial charge in [-0.15, -0.1) is 0 Å². The molecule has 16 heavy (non-hydrogen) atoms. The Morgan fingerprint density at radius 3 is 2.50 bits per heavy atom. The zero-order valence-corrected chi connectivity index (χ0v) is 8.69. The van der Waals surface area contributed by atoms with Crippen molar-refractivity contribution in [1.82, 2.24) is 0 Å². The van der Waals surface area contributed by atoms with E-state index in [1.54, 1.807) is 6.07 Å². The minimum absolute atomic E-state index is 0.199. The number of hydrogen-bond acceptors (Lipinski definition) is 1. The van der Waals surface area contributed by atoms with Crippen molar-refractivity contribution in [2.24, 2.45) is 0 Å². The van der Waals surface area contributed by atoms with E-state index in [9.17, 15) is 13.2 Å². The summed E-state index contributed by atoms with van der Waals surface area (Å²) in [7, 11) is 0. The Bertz CT molecular complexity index is 432. The molecule has 1 aromatic rings. The number of hydrogen-bond donors (Lipinski definition) is 1. The molecular weight excluding hydrogens is 215 g/mol. The second-order valence-corrected chi connectivity index (χ2v) is 4.72. The lowest BCUT2D eigenvalue weighted by Crippen LogP contribution is -2.22. The summed E-state index contributed by atoms with van der Waals surface area (Å²) in [6.45, 7) is 0.786. The molecule has 1 aliphatic heterocycles. The van der Waals surface area contributed by atoms with Crippen molar-refractivity contribution in [3.63, 3.8) is 0 Å². The molecule has 0 atom stereocenters. The van der Waals surface area contributed by atoms with Gasteiger partial charge in [-0.25, -0.2) is 0 Å². The Morgan fingerprint density at radius 2 is 1.88 bits per heavy atom. The number of benzene rings is 1. The highest BCUT2D eigenvalue weighted by molar-refractivity contribution is 5.60. The highest BCUT2D eigenvalue weighted by Crippen LogP contribution is 2.55. The molecular formula is C12H12F3N. The summed E-state index contributed by atoms with van der Waals surface area (Å²) < 4.78 is 37.6. The van der Waals surface area contributed by atoms with Crippen molar-refractivity contribution in [3.8, 4) is 0 Å². The molecule has 0 radical (unpaired) electrons. The van der Waals surface area contributed by atoms with E-state index in [1.807, 2.05) is 0 Å². The normalized spacial score (nSPS) is 21.4. The summed E-state index contributed by atoms with van der Waals surface area (Å²) in [6.07, 6.45) is -0.962. The van der Waals surface area contributed by atoms with E-state index >= 15 is 0 Å². The fourth-order valence-electron chi connectivity index (χ4n) is 2.57. The highest BCUT2D eigenvalue weighted by Gasteiger charge is 2.47. The summed E-state index contributed by atoms with van der Waals surface area (Å²) in [5.74, 6) is 0. The number of anilines is 1. The van der Waals surface area contributed by atoms with Gasteiger partial charge in [-0.1, -0.05) is 6.07 Å². The summed E-state index contributed by atoms with van der Waals surface area (Å²) in [4.78, 5) is 0. The molecule has 2 aliphatic rings. The first-order valence-electron chi connectivity index (χ1n) is 5.47. The second kappa shape index (κ2) is 2.93. The average Bonchev–Trinajstić information content (AvgIpc) is 2.97. The predicted molar refractivity (Wildman–Crippen MR) is 55.5 cm³/mol. The molecule has 1 N–H and O–H groups in total. The topological polar surface area (TPSA) is 12.0 Å². The second-order valence-electron chi connectivity index (χ2n) is 4.72. The van der Waals surface area contributed by atoms with E-state index in [0.717, 1.165) is 31.4 Å². The van der Waals surface area contributed by atoms with Crippen molar-refractivity contribution in [2.75, 3.05) is 11.9 Å². The summed E-state index contributed by atoms with van der Waals surface area (Å²) in [5, 5.41) is 3.07. The number of halogens is 3. The maximum atomic E-state index is 12.5. The fraction of sp³-hybridized carbons (Fsp3) is 0.500. The first-order valence-corrected chi connectivity index (χ1v) is 5.47. The lowest BCUT2D eigenvalue weighted by molar-refractivity contribution is -0.137. The van der Waals surface area contributed by atoms with Gasteiger partial charge in [-0.2, -0.15) is 13.2 Å². The van der Waals surface area contributed by atoms with Gasteiger partial charge < -0.3 is 5.32 Å². The van der Waals surface area contributed by atoms with Gasteiger partial charge in [0, 0.05) is 12.2 Å². The molecule has 1 aromatic carbocycles. The average molecular weight is 227 g/mol. The van der Waals surface area contributed by atoms with Crippen LogP contribution in [0.15, 0.2) is 18.2 Å². The van der Waals surface area contributed by atoms with E-state index in [0.29, 0.717) is 5.69 Å². The monoisotopic (exact) mass is 227 g/mol. The molecule has 0 bridgehead atoms. The first kappa shape index (κ1) is 10.00. The SMILES string of the molecule is FC(F)(F)c1ccc2c(c1)NCCC21CC1. The zero-order valence-electron chi connectivity index (χ0n) is 8.69. The molecule has 3 rings (SSSR count). The van der Waals surface area contributed by atoms with Crippen LogP contribution in [0.4, 0.5) is 18.9 Å². The van der Waals surface area contributed by atoms with E-state index in [1.165, 1.54) is 12.1 Å². The lowest BCUT2D eigenvalue weighted by Gasteiger charge is -2.27. The smallest absolute Gasteiger partial charge is 0.385 e. The molecule has 0 unspecified atom stereocenters. The van der Waals surface area contributed by atoms with E-state index < -0.39 is 11.7 Å². The van der Waals surface area contributed by atoms with Gasteiger partial charge in [-0.3, -0.25) is 0 Å². The van der Waals surface area contributed by atoms with Crippen LogP contribution in [0.5, 0.6) is 0 Å². The molecule has 86 valence electrons. The van der Waals surface area contributed by atoms with Crippen molar-refractivity contribution < 1.29 is 13.2 Å². The van der Waals surface area contributed by atoms with Crippen LogP contribution in [0.3, 0.4) is 0 Å².